The summed E-state index contributed by atoms with van der Waals surface area (Å²) in [6.45, 7) is 1.84. The maximum absolute atomic E-state index is 13.4. The van der Waals surface area contributed by atoms with Crippen LogP contribution in [0.15, 0.2) is 18.2 Å². The van der Waals surface area contributed by atoms with E-state index in [-0.39, 0.29) is 11.3 Å². The van der Waals surface area contributed by atoms with Crippen LogP contribution in [0.1, 0.15) is 30.1 Å². The van der Waals surface area contributed by atoms with Gasteiger partial charge in [0.1, 0.15) is 11.6 Å². The molecule has 0 amide bonds. The van der Waals surface area contributed by atoms with E-state index in [0.29, 0.717) is 18.2 Å². The number of unbranched alkanes of at least 4 members (excludes halogenated alkanes) is 1. The minimum Gasteiger partial charge on any atom is -0.493 e. The van der Waals surface area contributed by atoms with E-state index in [1.54, 1.807) is 6.07 Å². The molecule has 88 valence electrons. The van der Waals surface area contributed by atoms with Gasteiger partial charge in [0, 0.05) is 11.9 Å². The number of halogens is 2. The highest BCUT2D eigenvalue weighted by atomic mass is 35.5. The van der Waals surface area contributed by atoms with Crippen LogP contribution in [-0.4, -0.2) is 18.3 Å². The maximum Gasteiger partial charge on any atom is 0.162 e. The molecule has 1 rings (SSSR count). The minimum atomic E-state index is -0.539. The van der Waals surface area contributed by atoms with Gasteiger partial charge in [0.05, 0.1) is 12.2 Å². The third kappa shape index (κ3) is 3.81. The average molecular weight is 245 g/mol. The number of alkyl halides is 1. The van der Waals surface area contributed by atoms with Gasteiger partial charge in [-0.25, -0.2) is 4.39 Å². The smallest absolute Gasteiger partial charge is 0.162 e. The molecule has 0 bridgehead atoms. The summed E-state index contributed by atoms with van der Waals surface area (Å²) in [6, 6.07) is 4.27. The fourth-order valence-corrected chi connectivity index (χ4v) is 1.45. The normalized spacial score (nSPS) is 10.2. The van der Waals surface area contributed by atoms with Crippen molar-refractivity contribution < 1.29 is 13.9 Å². The Morgan fingerprint density at radius 1 is 1.44 bits per heavy atom. The Balaban J connectivity index is 2.56. The van der Waals surface area contributed by atoms with E-state index in [2.05, 4.69) is 0 Å². The lowest BCUT2D eigenvalue weighted by Crippen LogP contribution is -2.01. The first-order valence-electron chi connectivity index (χ1n) is 5.14. The van der Waals surface area contributed by atoms with Crippen LogP contribution in [0.2, 0.25) is 0 Å². The van der Waals surface area contributed by atoms with Crippen molar-refractivity contribution in [3.8, 4) is 5.75 Å². The zero-order valence-corrected chi connectivity index (χ0v) is 9.89. The zero-order valence-electron chi connectivity index (χ0n) is 9.13. The molecule has 0 saturated heterocycles. The molecule has 0 N–H and O–H groups in total. The van der Waals surface area contributed by atoms with E-state index in [0.717, 1.165) is 12.8 Å². The lowest BCUT2D eigenvalue weighted by molar-refractivity contribution is 0.101. The van der Waals surface area contributed by atoms with Gasteiger partial charge in [-0.15, -0.1) is 11.6 Å². The van der Waals surface area contributed by atoms with Crippen molar-refractivity contribution in [1.82, 2.24) is 0 Å². The van der Waals surface area contributed by atoms with Crippen molar-refractivity contribution in [3.63, 3.8) is 0 Å². The maximum atomic E-state index is 13.4. The van der Waals surface area contributed by atoms with Crippen LogP contribution in [0.3, 0.4) is 0 Å². The van der Waals surface area contributed by atoms with Crippen LogP contribution in [-0.2, 0) is 0 Å². The predicted molar refractivity (Wildman–Crippen MR) is 61.9 cm³/mol. The van der Waals surface area contributed by atoms with E-state index in [4.69, 9.17) is 16.3 Å². The number of hydrogen-bond acceptors (Lipinski definition) is 2. The predicted octanol–water partition coefficient (Wildman–Crippen LogP) is 3.43. The van der Waals surface area contributed by atoms with Crippen LogP contribution in [0.5, 0.6) is 5.75 Å². The Morgan fingerprint density at radius 2 is 2.19 bits per heavy atom. The average Bonchev–Trinajstić information content (AvgIpc) is 2.24. The molecule has 4 heteroatoms. The molecule has 0 aliphatic carbocycles. The first kappa shape index (κ1) is 13.0. The van der Waals surface area contributed by atoms with Gasteiger partial charge in [0.25, 0.3) is 0 Å². The van der Waals surface area contributed by atoms with E-state index < -0.39 is 5.82 Å². The van der Waals surface area contributed by atoms with E-state index in [9.17, 15) is 9.18 Å². The molecule has 0 heterocycles. The molecule has 0 saturated carbocycles. The largest absolute Gasteiger partial charge is 0.493 e. The van der Waals surface area contributed by atoms with Crippen molar-refractivity contribution in [1.29, 1.82) is 0 Å². The second-order valence-corrected chi connectivity index (χ2v) is 3.82. The van der Waals surface area contributed by atoms with Crippen molar-refractivity contribution in [2.45, 2.75) is 19.8 Å². The van der Waals surface area contributed by atoms with Gasteiger partial charge < -0.3 is 4.74 Å². The van der Waals surface area contributed by atoms with Gasteiger partial charge in [-0.2, -0.15) is 0 Å². The molecule has 2 nitrogen and oxygen atoms in total. The lowest BCUT2D eigenvalue weighted by atomic mass is 10.1. The number of carbonyl (C=O) groups is 1. The summed E-state index contributed by atoms with van der Waals surface area (Å²) in [6.07, 6.45) is 1.70. The molecule has 0 atom stereocenters. The number of benzene rings is 1. The van der Waals surface area contributed by atoms with E-state index in [1.165, 1.54) is 19.1 Å². The first-order valence-corrected chi connectivity index (χ1v) is 5.68. The van der Waals surface area contributed by atoms with Crippen LogP contribution in [0.25, 0.3) is 0 Å². The highest BCUT2D eigenvalue weighted by molar-refractivity contribution is 6.17. The second kappa shape index (κ2) is 6.48. The molecular formula is C12H14ClFO2. The summed E-state index contributed by atoms with van der Waals surface area (Å²) >= 11 is 5.51. The topological polar surface area (TPSA) is 26.3 Å². The summed E-state index contributed by atoms with van der Waals surface area (Å²) in [5.41, 5.74) is 0.0908. The second-order valence-electron chi connectivity index (χ2n) is 3.44. The summed E-state index contributed by atoms with van der Waals surface area (Å²) < 4.78 is 18.7. The summed E-state index contributed by atoms with van der Waals surface area (Å²) in [5.74, 6) is 0.215. The Labute approximate surface area is 99.4 Å². The first-order chi connectivity index (χ1) is 7.65. The molecule has 0 fully saturated rings. The van der Waals surface area contributed by atoms with Gasteiger partial charge >= 0.3 is 0 Å². The quantitative estimate of drug-likeness (QED) is 0.435. The third-order valence-electron chi connectivity index (χ3n) is 2.12. The van der Waals surface area contributed by atoms with Gasteiger partial charge in [0.15, 0.2) is 5.78 Å². The Bertz CT molecular complexity index is 366. The van der Waals surface area contributed by atoms with Crippen LogP contribution < -0.4 is 4.74 Å². The van der Waals surface area contributed by atoms with Crippen LogP contribution in [0.4, 0.5) is 4.39 Å². The van der Waals surface area contributed by atoms with Gasteiger partial charge in [-0.1, -0.05) is 0 Å². The number of rotatable bonds is 6. The molecule has 0 aromatic heterocycles. The highest BCUT2D eigenvalue weighted by Crippen LogP contribution is 2.17. The SMILES string of the molecule is CC(=O)c1ccc(OCCCCCl)cc1F. The zero-order chi connectivity index (χ0) is 12.0. The number of ketones is 1. The number of ether oxygens (including phenoxy) is 1. The van der Waals surface area contributed by atoms with Gasteiger partial charge in [0.2, 0.25) is 0 Å². The van der Waals surface area contributed by atoms with E-state index in [1.807, 2.05) is 0 Å². The van der Waals surface area contributed by atoms with E-state index >= 15 is 0 Å². The number of hydrogen-bond donors (Lipinski definition) is 0. The Hall–Kier alpha value is -1.09. The molecule has 0 aliphatic rings. The Kier molecular flexibility index (Phi) is 5.26. The fraction of sp³-hybridized carbons (Fsp3) is 0.417. The molecule has 1 aromatic rings. The molecule has 0 radical (unpaired) electrons. The molecule has 0 unspecified atom stereocenters. The monoisotopic (exact) mass is 244 g/mol. The molecule has 0 aliphatic heterocycles. The summed E-state index contributed by atoms with van der Waals surface area (Å²) in [5, 5.41) is 0. The standard InChI is InChI=1S/C12H14ClFO2/c1-9(15)11-5-4-10(8-12(11)14)16-7-3-2-6-13/h4-5,8H,2-3,6-7H2,1H3. The lowest BCUT2D eigenvalue weighted by Gasteiger charge is -2.06. The molecule has 1 aromatic carbocycles. The van der Waals surface area contributed by atoms with Crippen molar-refractivity contribution in [2.75, 3.05) is 12.5 Å². The summed E-state index contributed by atoms with van der Waals surface area (Å²) in [7, 11) is 0. The van der Waals surface area contributed by atoms with Crippen molar-refractivity contribution in [2.24, 2.45) is 0 Å². The molecule has 0 spiro atoms. The Morgan fingerprint density at radius 3 is 2.75 bits per heavy atom. The van der Waals surface area contributed by atoms with Crippen molar-refractivity contribution >= 4 is 17.4 Å². The third-order valence-corrected chi connectivity index (χ3v) is 2.38. The van der Waals surface area contributed by atoms with Crippen molar-refractivity contribution in [3.05, 3.63) is 29.6 Å². The fourth-order valence-electron chi connectivity index (χ4n) is 1.26. The summed E-state index contributed by atoms with van der Waals surface area (Å²) in [4.78, 5) is 11.0. The highest BCUT2D eigenvalue weighted by Gasteiger charge is 2.07. The van der Waals surface area contributed by atoms with Crippen LogP contribution >= 0.6 is 11.6 Å². The van der Waals surface area contributed by atoms with Gasteiger partial charge in [-0.05, 0) is 31.9 Å². The molecular weight excluding hydrogens is 231 g/mol. The molecule has 16 heavy (non-hydrogen) atoms. The van der Waals surface area contributed by atoms with Crippen LogP contribution in [0, 0.1) is 5.82 Å². The van der Waals surface area contributed by atoms with Gasteiger partial charge in [-0.3, -0.25) is 4.79 Å². The number of Topliss-reactive ketones (excluding diaryl/α,β-unsaturated/α-hetero) is 1. The number of carbonyl (C=O) groups excluding carboxylic acids is 1. The minimum absolute atomic E-state index is 0.0908.